The third-order valence-corrected chi connectivity index (χ3v) is 7.58. The van der Waals surface area contributed by atoms with Gasteiger partial charge in [0.2, 0.25) is 0 Å². The van der Waals surface area contributed by atoms with Crippen molar-refractivity contribution in [3.05, 3.63) is 59.4 Å². The summed E-state index contributed by atoms with van der Waals surface area (Å²) >= 11 is 10.6. The van der Waals surface area contributed by atoms with Crippen molar-refractivity contribution in [2.75, 3.05) is 13.2 Å². The van der Waals surface area contributed by atoms with E-state index in [1.807, 2.05) is 39.0 Å². The number of nitrogens with zero attached hydrogens (tertiary/aromatic N) is 3. The first kappa shape index (κ1) is 24.9. The molecule has 6 nitrogen and oxygen atoms in total. The minimum atomic E-state index is -0.214. The van der Waals surface area contributed by atoms with Crippen molar-refractivity contribution < 1.29 is 9.47 Å². The second-order valence-corrected chi connectivity index (χ2v) is 9.59. The molecule has 170 valence electrons. The molecule has 0 spiro atoms. The summed E-state index contributed by atoms with van der Waals surface area (Å²) in [6.07, 6.45) is 2.46. The molecule has 0 bridgehead atoms. The van der Waals surface area contributed by atoms with Crippen LogP contribution in [0, 0.1) is 0 Å². The zero-order valence-electron chi connectivity index (χ0n) is 18.3. The van der Waals surface area contributed by atoms with Gasteiger partial charge in [0.25, 0.3) is 5.56 Å². The quantitative estimate of drug-likeness (QED) is 0.255. The summed E-state index contributed by atoms with van der Waals surface area (Å²) in [5.41, 5.74) is 1.18. The maximum atomic E-state index is 13.3. The Labute approximate surface area is 212 Å². The number of ether oxygens (including phenoxy) is 2. The first-order valence-corrected chi connectivity index (χ1v) is 12.7. The summed E-state index contributed by atoms with van der Waals surface area (Å²) in [4.78, 5) is 18.1. The van der Waals surface area contributed by atoms with Crippen molar-refractivity contribution >= 4 is 64.9 Å². The van der Waals surface area contributed by atoms with Gasteiger partial charge in [-0.25, -0.2) is 4.98 Å². The number of hydrogen-bond donors (Lipinski definition) is 0. The largest absolute Gasteiger partial charge is 0.490 e. The average Bonchev–Trinajstić information content (AvgIpc) is 2.78. The van der Waals surface area contributed by atoms with Crippen LogP contribution in [0.4, 0.5) is 0 Å². The van der Waals surface area contributed by atoms with Crippen LogP contribution in [0.5, 0.6) is 11.5 Å². The molecule has 0 radical (unpaired) electrons. The lowest BCUT2D eigenvalue weighted by molar-refractivity contribution is 0.286. The molecule has 9 heteroatoms. The second kappa shape index (κ2) is 10.9. The smallest absolute Gasteiger partial charge is 0.282 e. The van der Waals surface area contributed by atoms with E-state index in [4.69, 9.17) is 14.5 Å². The number of aromatic nitrogens is 2. The van der Waals surface area contributed by atoms with Crippen LogP contribution in [0.1, 0.15) is 51.4 Å². The van der Waals surface area contributed by atoms with E-state index < -0.39 is 0 Å². The minimum absolute atomic E-state index is 0.0578. The first-order valence-electron chi connectivity index (χ1n) is 10.4. The third-order valence-electron chi connectivity index (χ3n) is 4.94. The summed E-state index contributed by atoms with van der Waals surface area (Å²) in [6, 6.07) is 7.33. The Bertz CT molecular complexity index is 1220. The van der Waals surface area contributed by atoms with Gasteiger partial charge in [0.1, 0.15) is 5.82 Å². The molecular weight excluding hydrogens is 606 g/mol. The monoisotopic (exact) mass is 627 g/mol. The Morgan fingerprint density at radius 3 is 2.47 bits per heavy atom. The fraction of sp³-hybridized carbons (Fsp3) is 0.348. The molecule has 0 N–H and O–H groups in total. The predicted octanol–water partition coefficient (Wildman–Crippen LogP) is 6.88. The maximum absolute atomic E-state index is 13.3. The Hall–Kier alpha value is -1.71. The summed E-state index contributed by atoms with van der Waals surface area (Å²) in [7, 11) is 0. The van der Waals surface area contributed by atoms with Gasteiger partial charge in [-0.2, -0.15) is 9.78 Å². The Morgan fingerprint density at radius 2 is 1.81 bits per heavy atom. The van der Waals surface area contributed by atoms with Crippen LogP contribution in [0.15, 0.2) is 47.6 Å². The second-order valence-electron chi connectivity index (χ2n) is 7.09. The SMILES string of the molecule is CCOc1cc(C=Nn2c([C@@H](C)CC)nc3ccc(Br)cc3c2=O)c(Br)c(Br)c1OCC. The van der Waals surface area contributed by atoms with E-state index in [2.05, 4.69) is 59.8 Å². The number of halogens is 3. The topological polar surface area (TPSA) is 65.7 Å². The van der Waals surface area contributed by atoms with E-state index in [1.165, 1.54) is 4.68 Å². The zero-order chi connectivity index (χ0) is 23.4. The number of benzene rings is 2. The molecule has 0 aliphatic carbocycles. The molecule has 1 atom stereocenters. The van der Waals surface area contributed by atoms with Crippen molar-refractivity contribution in [3.63, 3.8) is 0 Å². The van der Waals surface area contributed by atoms with Gasteiger partial charge in [-0.1, -0.05) is 29.8 Å². The molecule has 2 aromatic carbocycles. The van der Waals surface area contributed by atoms with E-state index in [1.54, 1.807) is 12.3 Å². The first-order chi connectivity index (χ1) is 15.3. The number of hydrogen-bond acceptors (Lipinski definition) is 5. The van der Waals surface area contributed by atoms with Crippen LogP contribution in [0.2, 0.25) is 0 Å². The Kier molecular flexibility index (Phi) is 8.52. The van der Waals surface area contributed by atoms with E-state index in [-0.39, 0.29) is 11.5 Å². The lowest BCUT2D eigenvalue weighted by Gasteiger charge is -2.16. The molecule has 0 aliphatic heterocycles. The van der Waals surface area contributed by atoms with E-state index in [9.17, 15) is 4.79 Å². The lowest BCUT2D eigenvalue weighted by atomic mass is 10.1. The summed E-state index contributed by atoms with van der Waals surface area (Å²) in [5.74, 6) is 1.89. The predicted molar refractivity (Wildman–Crippen MR) is 140 cm³/mol. The number of fused-ring (bicyclic) bond motifs is 1. The molecule has 1 aromatic heterocycles. The molecule has 3 aromatic rings. The molecule has 0 fully saturated rings. The minimum Gasteiger partial charge on any atom is -0.490 e. The van der Waals surface area contributed by atoms with E-state index in [0.29, 0.717) is 41.4 Å². The van der Waals surface area contributed by atoms with Crippen molar-refractivity contribution in [2.24, 2.45) is 5.10 Å². The van der Waals surface area contributed by atoms with Crippen LogP contribution < -0.4 is 15.0 Å². The van der Waals surface area contributed by atoms with Crippen molar-refractivity contribution in [1.82, 2.24) is 9.66 Å². The van der Waals surface area contributed by atoms with Gasteiger partial charge in [-0.3, -0.25) is 4.79 Å². The highest BCUT2D eigenvalue weighted by atomic mass is 79.9. The standard InChI is InChI=1S/C23H24Br3N3O3/c1-5-13(4)22-28-17-9-8-15(24)11-16(17)23(30)29(22)27-12-14-10-18(31-6-2)21(32-7-3)20(26)19(14)25/h8-13H,5-7H2,1-4H3/t13-/m0/s1. The van der Waals surface area contributed by atoms with Gasteiger partial charge >= 0.3 is 0 Å². The van der Waals surface area contributed by atoms with Gasteiger partial charge < -0.3 is 9.47 Å². The van der Waals surface area contributed by atoms with Gasteiger partial charge in [-0.05, 0) is 76.4 Å². The molecule has 0 amide bonds. The van der Waals surface area contributed by atoms with Gasteiger partial charge in [0.05, 0.1) is 34.8 Å². The molecule has 0 saturated carbocycles. The van der Waals surface area contributed by atoms with Gasteiger partial charge in [0, 0.05) is 20.4 Å². The van der Waals surface area contributed by atoms with Crippen LogP contribution in [0.3, 0.4) is 0 Å². The van der Waals surface area contributed by atoms with Gasteiger partial charge in [0.15, 0.2) is 11.5 Å². The van der Waals surface area contributed by atoms with E-state index in [0.717, 1.165) is 25.4 Å². The number of rotatable bonds is 8. The van der Waals surface area contributed by atoms with Crippen LogP contribution in [-0.2, 0) is 0 Å². The molecule has 0 saturated heterocycles. The summed E-state index contributed by atoms with van der Waals surface area (Å²) < 4.78 is 15.2. The third kappa shape index (κ3) is 5.10. The van der Waals surface area contributed by atoms with Crippen LogP contribution >= 0.6 is 47.8 Å². The summed E-state index contributed by atoms with van der Waals surface area (Å²) in [6.45, 7) is 8.92. The zero-order valence-corrected chi connectivity index (χ0v) is 23.0. The fourth-order valence-electron chi connectivity index (χ4n) is 3.14. The molecule has 3 rings (SSSR count). The maximum Gasteiger partial charge on any atom is 0.282 e. The van der Waals surface area contributed by atoms with E-state index >= 15 is 0 Å². The Balaban J connectivity index is 2.19. The van der Waals surface area contributed by atoms with Crippen LogP contribution in [-0.4, -0.2) is 29.1 Å². The van der Waals surface area contributed by atoms with Crippen molar-refractivity contribution in [1.29, 1.82) is 0 Å². The van der Waals surface area contributed by atoms with Crippen LogP contribution in [0.25, 0.3) is 10.9 Å². The van der Waals surface area contributed by atoms with Gasteiger partial charge in [-0.15, -0.1) is 0 Å². The molecule has 32 heavy (non-hydrogen) atoms. The molecule has 0 aliphatic rings. The highest BCUT2D eigenvalue weighted by molar-refractivity contribution is 9.13. The highest BCUT2D eigenvalue weighted by Gasteiger charge is 2.18. The van der Waals surface area contributed by atoms with Crippen molar-refractivity contribution in [3.8, 4) is 11.5 Å². The van der Waals surface area contributed by atoms with Crippen molar-refractivity contribution in [2.45, 2.75) is 40.0 Å². The Morgan fingerprint density at radius 1 is 1.09 bits per heavy atom. The molecular formula is C23H24Br3N3O3. The molecule has 1 heterocycles. The highest BCUT2D eigenvalue weighted by Crippen LogP contribution is 2.42. The normalized spacial score (nSPS) is 12.5. The lowest BCUT2D eigenvalue weighted by Crippen LogP contribution is -2.23. The summed E-state index contributed by atoms with van der Waals surface area (Å²) in [5, 5.41) is 5.06. The molecule has 0 unspecified atom stereocenters. The average molecular weight is 630 g/mol. The fourth-order valence-corrected chi connectivity index (χ4v) is 4.44.